The number of aromatic amines is 1. The van der Waals surface area contributed by atoms with Crippen molar-refractivity contribution in [3.8, 4) is 0 Å². The van der Waals surface area contributed by atoms with Gasteiger partial charge in [0.2, 0.25) is 0 Å². The van der Waals surface area contributed by atoms with E-state index in [0.29, 0.717) is 5.92 Å². The SMILES string of the molecule is Clc1cc2[nH]ncc2c(Br)c1C1CC1. The topological polar surface area (TPSA) is 28.7 Å². The maximum absolute atomic E-state index is 6.22. The van der Waals surface area contributed by atoms with E-state index in [1.807, 2.05) is 12.3 Å². The van der Waals surface area contributed by atoms with Gasteiger partial charge in [-0.3, -0.25) is 5.10 Å². The number of benzene rings is 1. The van der Waals surface area contributed by atoms with Gasteiger partial charge in [-0.2, -0.15) is 5.10 Å². The summed E-state index contributed by atoms with van der Waals surface area (Å²) < 4.78 is 1.11. The lowest BCUT2D eigenvalue weighted by molar-refractivity contribution is 1.11. The van der Waals surface area contributed by atoms with E-state index in [1.165, 1.54) is 18.4 Å². The second-order valence-corrected chi connectivity index (χ2v) is 4.89. The number of halogens is 2. The molecule has 2 nitrogen and oxygen atoms in total. The first-order valence-electron chi connectivity index (χ1n) is 4.58. The minimum Gasteiger partial charge on any atom is -0.278 e. The molecule has 1 aliphatic rings. The Morgan fingerprint density at radius 2 is 2.29 bits per heavy atom. The Hall–Kier alpha value is -0.540. The lowest BCUT2D eigenvalue weighted by atomic mass is 10.1. The van der Waals surface area contributed by atoms with Crippen LogP contribution < -0.4 is 0 Å². The molecule has 1 saturated carbocycles. The minimum absolute atomic E-state index is 0.649. The van der Waals surface area contributed by atoms with Crippen LogP contribution in [0.4, 0.5) is 0 Å². The highest BCUT2D eigenvalue weighted by Gasteiger charge is 2.29. The van der Waals surface area contributed by atoms with Gasteiger partial charge in [-0.05, 0) is 46.3 Å². The molecule has 0 amide bonds. The van der Waals surface area contributed by atoms with Crippen LogP contribution in [-0.4, -0.2) is 10.2 Å². The molecular weight excluding hydrogens is 263 g/mol. The number of nitrogens with one attached hydrogen (secondary N) is 1. The molecule has 1 heterocycles. The number of hydrogen-bond donors (Lipinski definition) is 1. The van der Waals surface area contributed by atoms with E-state index in [0.717, 1.165) is 20.4 Å². The summed E-state index contributed by atoms with van der Waals surface area (Å²) in [5, 5.41) is 8.90. The van der Waals surface area contributed by atoms with Crippen LogP contribution in [0.15, 0.2) is 16.7 Å². The molecule has 0 spiro atoms. The highest BCUT2D eigenvalue weighted by molar-refractivity contribution is 9.10. The Morgan fingerprint density at radius 1 is 1.50 bits per heavy atom. The average Bonchev–Trinajstić information content (AvgIpc) is 2.84. The molecule has 3 rings (SSSR count). The number of fused-ring (bicyclic) bond motifs is 1. The molecule has 14 heavy (non-hydrogen) atoms. The number of aromatic nitrogens is 2. The lowest BCUT2D eigenvalue weighted by Gasteiger charge is -2.06. The van der Waals surface area contributed by atoms with Crippen LogP contribution in [0.2, 0.25) is 5.02 Å². The first-order chi connectivity index (χ1) is 6.77. The molecule has 0 bridgehead atoms. The van der Waals surface area contributed by atoms with Gasteiger partial charge in [0, 0.05) is 14.9 Å². The predicted molar refractivity (Wildman–Crippen MR) is 60.8 cm³/mol. The van der Waals surface area contributed by atoms with Gasteiger partial charge < -0.3 is 0 Å². The van der Waals surface area contributed by atoms with Gasteiger partial charge in [0.05, 0.1) is 11.7 Å². The molecule has 1 aromatic heterocycles. The standard InChI is InChI=1S/C10H8BrClN2/c11-10-6-4-13-14-8(6)3-7(12)9(10)5-1-2-5/h3-5H,1-2H2,(H,13,14). The van der Waals surface area contributed by atoms with Crippen molar-refractivity contribution in [2.75, 3.05) is 0 Å². The number of rotatable bonds is 1. The summed E-state index contributed by atoms with van der Waals surface area (Å²) in [7, 11) is 0. The van der Waals surface area contributed by atoms with Crippen molar-refractivity contribution in [3.63, 3.8) is 0 Å². The average molecular weight is 272 g/mol. The van der Waals surface area contributed by atoms with E-state index >= 15 is 0 Å². The second kappa shape index (κ2) is 2.97. The van der Waals surface area contributed by atoms with Crippen LogP contribution in [0, 0.1) is 0 Å². The van der Waals surface area contributed by atoms with Crippen LogP contribution in [0.5, 0.6) is 0 Å². The summed E-state index contributed by atoms with van der Waals surface area (Å²) in [6, 6.07) is 1.96. The minimum atomic E-state index is 0.649. The summed E-state index contributed by atoms with van der Waals surface area (Å²) >= 11 is 9.83. The molecular formula is C10H8BrClN2. The third kappa shape index (κ3) is 1.19. The Balaban J connectivity index is 2.36. The molecule has 0 atom stereocenters. The smallest absolute Gasteiger partial charge is 0.0676 e. The summed E-state index contributed by atoms with van der Waals surface area (Å²) in [6.45, 7) is 0. The van der Waals surface area contributed by atoms with E-state index in [4.69, 9.17) is 11.6 Å². The van der Waals surface area contributed by atoms with Gasteiger partial charge in [-0.15, -0.1) is 0 Å². The van der Waals surface area contributed by atoms with Crippen molar-refractivity contribution in [2.24, 2.45) is 0 Å². The molecule has 0 aliphatic heterocycles. The van der Waals surface area contributed by atoms with Crippen molar-refractivity contribution in [1.82, 2.24) is 10.2 Å². The van der Waals surface area contributed by atoms with Gasteiger partial charge in [-0.25, -0.2) is 0 Å². The summed E-state index contributed by atoms with van der Waals surface area (Å²) in [5.74, 6) is 0.649. The quantitative estimate of drug-likeness (QED) is 0.838. The summed E-state index contributed by atoms with van der Waals surface area (Å²) in [5.41, 5.74) is 2.24. The fourth-order valence-electron chi connectivity index (χ4n) is 1.78. The first-order valence-corrected chi connectivity index (χ1v) is 5.75. The maximum Gasteiger partial charge on any atom is 0.0676 e. The van der Waals surface area contributed by atoms with Crippen LogP contribution in [0.3, 0.4) is 0 Å². The van der Waals surface area contributed by atoms with Gasteiger partial charge in [-0.1, -0.05) is 11.6 Å². The zero-order chi connectivity index (χ0) is 9.71. The Morgan fingerprint density at radius 3 is 3.00 bits per heavy atom. The third-order valence-electron chi connectivity index (χ3n) is 2.66. The molecule has 1 N–H and O–H groups in total. The molecule has 1 aliphatic carbocycles. The Labute approximate surface area is 94.8 Å². The lowest BCUT2D eigenvalue weighted by Crippen LogP contribution is -1.85. The van der Waals surface area contributed by atoms with Crippen LogP contribution in [-0.2, 0) is 0 Å². The molecule has 1 fully saturated rings. The third-order valence-corrected chi connectivity index (χ3v) is 3.82. The molecule has 0 radical (unpaired) electrons. The highest BCUT2D eigenvalue weighted by Crippen LogP contribution is 2.48. The Bertz CT molecular complexity index is 502. The normalized spacial score (nSPS) is 16.4. The largest absolute Gasteiger partial charge is 0.278 e. The van der Waals surface area contributed by atoms with Crippen molar-refractivity contribution in [3.05, 3.63) is 27.3 Å². The second-order valence-electron chi connectivity index (χ2n) is 3.69. The van der Waals surface area contributed by atoms with E-state index < -0.39 is 0 Å². The van der Waals surface area contributed by atoms with Gasteiger partial charge in [0.15, 0.2) is 0 Å². The zero-order valence-corrected chi connectivity index (χ0v) is 9.69. The zero-order valence-electron chi connectivity index (χ0n) is 7.35. The Kier molecular flexibility index (Phi) is 1.86. The number of nitrogens with zero attached hydrogens (tertiary/aromatic N) is 1. The predicted octanol–water partition coefficient (Wildman–Crippen LogP) is 3.86. The monoisotopic (exact) mass is 270 g/mol. The van der Waals surface area contributed by atoms with Gasteiger partial charge in [0.1, 0.15) is 0 Å². The molecule has 72 valence electrons. The van der Waals surface area contributed by atoms with E-state index in [2.05, 4.69) is 26.1 Å². The van der Waals surface area contributed by atoms with Gasteiger partial charge in [0.25, 0.3) is 0 Å². The van der Waals surface area contributed by atoms with Crippen molar-refractivity contribution < 1.29 is 0 Å². The molecule has 1 aromatic carbocycles. The van der Waals surface area contributed by atoms with Gasteiger partial charge >= 0.3 is 0 Å². The van der Waals surface area contributed by atoms with E-state index in [1.54, 1.807) is 0 Å². The summed E-state index contributed by atoms with van der Waals surface area (Å²) in [6.07, 6.45) is 4.34. The molecule has 0 saturated heterocycles. The number of hydrogen-bond acceptors (Lipinski definition) is 1. The highest BCUT2D eigenvalue weighted by atomic mass is 79.9. The van der Waals surface area contributed by atoms with Crippen LogP contribution in [0.25, 0.3) is 10.9 Å². The molecule has 2 aromatic rings. The van der Waals surface area contributed by atoms with Crippen LogP contribution >= 0.6 is 27.5 Å². The fraction of sp³-hybridized carbons (Fsp3) is 0.300. The fourth-order valence-corrected chi connectivity index (χ4v) is 3.11. The van der Waals surface area contributed by atoms with Crippen molar-refractivity contribution in [2.45, 2.75) is 18.8 Å². The number of H-pyrrole nitrogens is 1. The van der Waals surface area contributed by atoms with Crippen LogP contribution in [0.1, 0.15) is 24.3 Å². The van der Waals surface area contributed by atoms with E-state index in [-0.39, 0.29) is 0 Å². The molecule has 0 unspecified atom stereocenters. The van der Waals surface area contributed by atoms with Crippen molar-refractivity contribution in [1.29, 1.82) is 0 Å². The molecule has 4 heteroatoms. The van der Waals surface area contributed by atoms with Crippen molar-refractivity contribution >= 4 is 38.4 Å². The maximum atomic E-state index is 6.22. The first kappa shape index (κ1) is 8.74. The summed E-state index contributed by atoms with van der Waals surface area (Å²) in [4.78, 5) is 0. The van der Waals surface area contributed by atoms with E-state index in [9.17, 15) is 0 Å².